The first kappa shape index (κ1) is 27.0. The van der Waals surface area contributed by atoms with Crippen molar-refractivity contribution in [3.05, 3.63) is 63.9 Å². The molecule has 1 atom stereocenters. The van der Waals surface area contributed by atoms with Crippen molar-refractivity contribution < 1.29 is 13.9 Å². The van der Waals surface area contributed by atoms with Crippen molar-refractivity contribution in [3.8, 4) is 5.75 Å². The lowest BCUT2D eigenvalue weighted by atomic mass is 9.88. The summed E-state index contributed by atoms with van der Waals surface area (Å²) in [5.74, 6) is 0.634. The molecule has 2 aliphatic rings. The average molecular weight is 562 g/mol. The molecule has 0 radical (unpaired) electrons. The quantitative estimate of drug-likeness (QED) is 0.503. The first-order valence-electron chi connectivity index (χ1n) is 13.1. The molecular formula is C28H38BrFN4O2. The van der Waals surface area contributed by atoms with Crippen LogP contribution in [0.1, 0.15) is 30.9 Å². The number of piperidine rings is 1. The molecule has 2 aliphatic heterocycles. The molecule has 2 aromatic rings. The van der Waals surface area contributed by atoms with E-state index in [4.69, 9.17) is 10.5 Å². The van der Waals surface area contributed by atoms with Gasteiger partial charge in [-0.3, -0.25) is 9.69 Å². The number of likely N-dealkylation sites (tertiary alicyclic amines) is 1. The van der Waals surface area contributed by atoms with E-state index in [-0.39, 0.29) is 17.6 Å². The topological polar surface area (TPSA) is 62.0 Å². The van der Waals surface area contributed by atoms with Gasteiger partial charge in [0.25, 0.3) is 0 Å². The number of carbonyl (C=O) groups excluding carboxylic acids is 1. The van der Waals surface area contributed by atoms with Crippen LogP contribution in [0.15, 0.2) is 46.9 Å². The van der Waals surface area contributed by atoms with Crippen molar-refractivity contribution in [1.82, 2.24) is 14.7 Å². The highest BCUT2D eigenvalue weighted by atomic mass is 79.9. The number of nitrogens with two attached hydrogens (primary N) is 1. The third-order valence-corrected chi connectivity index (χ3v) is 8.30. The summed E-state index contributed by atoms with van der Waals surface area (Å²) in [6.45, 7) is 8.50. The van der Waals surface area contributed by atoms with Crippen LogP contribution in [0.4, 0.5) is 4.39 Å². The van der Waals surface area contributed by atoms with Gasteiger partial charge in [-0.15, -0.1) is 0 Å². The van der Waals surface area contributed by atoms with Gasteiger partial charge in [0.1, 0.15) is 11.6 Å². The molecule has 0 bridgehead atoms. The molecule has 6 nitrogen and oxygen atoms in total. The van der Waals surface area contributed by atoms with E-state index in [1.807, 2.05) is 24.0 Å². The molecule has 0 saturated carbocycles. The zero-order valence-electron chi connectivity index (χ0n) is 21.2. The van der Waals surface area contributed by atoms with Crippen LogP contribution in [0.25, 0.3) is 0 Å². The van der Waals surface area contributed by atoms with Gasteiger partial charge in [0.15, 0.2) is 0 Å². The molecule has 1 amide bonds. The number of hydrogen-bond donors (Lipinski definition) is 1. The zero-order valence-corrected chi connectivity index (χ0v) is 22.8. The summed E-state index contributed by atoms with van der Waals surface area (Å²) in [5, 5.41) is 0. The van der Waals surface area contributed by atoms with Gasteiger partial charge in [0.05, 0.1) is 12.6 Å². The van der Waals surface area contributed by atoms with Crippen molar-refractivity contribution in [2.24, 2.45) is 11.7 Å². The maximum Gasteiger partial charge on any atom is 0.239 e. The number of hydrogen-bond acceptors (Lipinski definition) is 5. The molecule has 2 heterocycles. The lowest BCUT2D eigenvalue weighted by Crippen LogP contribution is -2.55. The van der Waals surface area contributed by atoms with E-state index in [1.54, 1.807) is 6.07 Å². The van der Waals surface area contributed by atoms with Crippen LogP contribution in [0.3, 0.4) is 0 Å². The average Bonchev–Trinajstić information content (AvgIpc) is 2.90. The van der Waals surface area contributed by atoms with Gasteiger partial charge in [-0.05, 0) is 69.0 Å². The van der Waals surface area contributed by atoms with E-state index in [2.05, 4.69) is 43.9 Å². The second kappa shape index (κ2) is 13.0. The summed E-state index contributed by atoms with van der Waals surface area (Å²) in [6, 6.07) is 12.9. The minimum absolute atomic E-state index is 0.0576. The highest BCUT2D eigenvalue weighted by Crippen LogP contribution is 2.25. The molecule has 0 aliphatic carbocycles. The Bertz CT molecular complexity index is 1010. The minimum atomic E-state index is -0.446. The van der Waals surface area contributed by atoms with Gasteiger partial charge in [0, 0.05) is 49.3 Å². The number of benzene rings is 2. The lowest BCUT2D eigenvalue weighted by Gasteiger charge is -2.39. The van der Waals surface area contributed by atoms with Crippen LogP contribution in [-0.4, -0.2) is 79.1 Å². The van der Waals surface area contributed by atoms with Crippen molar-refractivity contribution in [2.75, 3.05) is 52.4 Å². The Hall–Kier alpha value is -2.00. The summed E-state index contributed by atoms with van der Waals surface area (Å²) in [4.78, 5) is 19.7. The SMILES string of the molecule is CCOc1cccc(F)c1CN1CCN(C(=O)[C@H](N)C2CCN(CCc3ccccc3Br)CC2)CC1. The number of nitrogens with zero attached hydrogens (tertiary/aromatic N) is 3. The minimum Gasteiger partial charge on any atom is -0.493 e. The fraction of sp³-hybridized carbons (Fsp3) is 0.536. The predicted octanol–water partition coefficient (Wildman–Crippen LogP) is 3.91. The molecule has 8 heteroatoms. The van der Waals surface area contributed by atoms with Crippen LogP contribution < -0.4 is 10.5 Å². The van der Waals surface area contributed by atoms with Crippen LogP contribution in [0.5, 0.6) is 5.75 Å². The Balaban J connectivity index is 1.21. The maximum absolute atomic E-state index is 14.4. The van der Waals surface area contributed by atoms with Crippen LogP contribution >= 0.6 is 15.9 Å². The molecule has 196 valence electrons. The maximum atomic E-state index is 14.4. The van der Waals surface area contributed by atoms with Crippen molar-refractivity contribution in [2.45, 2.75) is 38.8 Å². The highest BCUT2D eigenvalue weighted by Gasteiger charge is 2.33. The fourth-order valence-corrected chi connectivity index (χ4v) is 5.74. The van der Waals surface area contributed by atoms with Crippen molar-refractivity contribution in [1.29, 1.82) is 0 Å². The normalized spacial score (nSPS) is 18.8. The van der Waals surface area contributed by atoms with E-state index in [0.717, 1.165) is 43.4 Å². The molecule has 2 fully saturated rings. The van der Waals surface area contributed by atoms with E-state index >= 15 is 0 Å². The Morgan fingerprint density at radius 3 is 2.47 bits per heavy atom. The van der Waals surface area contributed by atoms with Crippen LogP contribution in [-0.2, 0) is 17.8 Å². The van der Waals surface area contributed by atoms with Crippen molar-refractivity contribution in [3.63, 3.8) is 0 Å². The molecule has 0 spiro atoms. The third kappa shape index (κ3) is 6.85. The summed E-state index contributed by atoms with van der Waals surface area (Å²) in [7, 11) is 0. The van der Waals surface area contributed by atoms with Gasteiger partial charge in [-0.2, -0.15) is 0 Å². The van der Waals surface area contributed by atoms with E-state index < -0.39 is 6.04 Å². The second-order valence-electron chi connectivity index (χ2n) is 9.80. The van der Waals surface area contributed by atoms with Gasteiger partial charge < -0.3 is 20.3 Å². The number of halogens is 2. The summed E-state index contributed by atoms with van der Waals surface area (Å²) < 4.78 is 21.2. The summed E-state index contributed by atoms with van der Waals surface area (Å²) >= 11 is 3.63. The number of amides is 1. The first-order valence-corrected chi connectivity index (χ1v) is 13.9. The Morgan fingerprint density at radius 1 is 1.06 bits per heavy atom. The van der Waals surface area contributed by atoms with Crippen molar-refractivity contribution >= 4 is 21.8 Å². The van der Waals surface area contributed by atoms with E-state index in [0.29, 0.717) is 50.6 Å². The lowest BCUT2D eigenvalue weighted by molar-refractivity contribution is -0.136. The van der Waals surface area contributed by atoms with Gasteiger partial charge in [-0.25, -0.2) is 4.39 Å². The smallest absolute Gasteiger partial charge is 0.239 e. The molecular weight excluding hydrogens is 523 g/mol. The Morgan fingerprint density at radius 2 is 1.78 bits per heavy atom. The van der Waals surface area contributed by atoms with Gasteiger partial charge in [0.2, 0.25) is 5.91 Å². The largest absolute Gasteiger partial charge is 0.493 e. The van der Waals surface area contributed by atoms with E-state index in [1.165, 1.54) is 11.6 Å². The Kier molecular flexibility index (Phi) is 9.76. The fourth-order valence-electron chi connectivity index (χ4n) is 5.26. The number of carbonyl (C=O) groups is 1. The standard InChI is InChI=1S/C28H38BrFN4O2/c1-2-36-26-9-5-8-25(30)23(26)20-33-16-18-34(19-17-33)28(35)27(31)22-11-14-32(15-12-22)13-10-21-6-3-4-7-24(21)29/h3-9,22,27H,2,10-20,31H2,1H3/t27-/m1/s1. The van der Waals surface area contributed by atoms with Crippen LogP contribution in [0, 0.1) is 11.7 Å². The third-order valence-electron chi connectivity index (χ3n) is 7.52. The molecule has 0 aromatic heterocycles. The Labute approximate surface area is 222 Å². The first-order chi connectivity index (χ1) is 17.5. The number of piperazine rings is 1. The molecule has 2 saturated heterocycles. The van der Waals surface area contributed by atoms with Gasteiger partial charge >= 0.3 is 0 Å². The van der Waals surface area contributed by atoms with Gasteiger partial charge in [-0.1, -0.05) is 40.2 Å². The highest BCUT2D eigenvalue weighted by molar-refractivity contribution is 9.10. The monoisotopic (exact) mass is 560 g/mol. The van der Waals surface area contributed by atoms with E-state index in [9.17, 15) is 9.18 Å². The molecule has 2 N–H and O–H groups in total. The zero-order chi connectivity index (χ0) is 25.5. The summed E-state index contributed by atoms with van der Waals surface area (Å²) in [5.41, 5.74) is 8.40. The molecule has 2 aromatic carbocycles. The molecule has 4 rings (SSSR count). The predicted molar refractivity (Wildman–Crippen MR) is 144 cm³/mol. The summed E-state index contributed by atoms with van der Waals surface area (Å²) in [6.07, 6.45) is 2.92. The number of rotatable bonds is 9. The molecule has 0 unspecified atom stereocenters. The van der Waals surface area contributed by atoms with Crippen LogP contribution in [0.2, 0.25) is 0 Å². The molecule has 36 heavy (non-hydrogen) atoms. The second-order valence-corrected chi connectivity index (χ2v) is 10.7. The number of ether oxygens (including phenoxy) is 1.